The Balaban J connectivity index is 2.02. The zero-order valence-corrected chi connectivity index (χ0v) is 8.96. The third-order valence-corrected chi connectivity index (χ3v) is 2.41. The molecule has 0 amide bonds. The van der Waals surface area contributed by atoms with E-state index < -0.39 is 6.36 Å². The summed E-state index contributed by atoms with van der Waals surface area (Å²) in [6, 6.07) is 5.75. The van der Waals surface area contributed by atoms with Crippen LogP contribution in [0.1, 0.15) is 11.7 Å². The van der Waals surface area contributed by atoms with Crippen molar-refractivity contribution < 1.29 is 22.6 Å². The van der Waals surface area contributed by atoms with Gasteiger partial charge in [-0.3, -0.25) is 0 Å². The first kappa shape index (κ1) is 12.2. The third kappa shape index (κ3) is 3.61. The summed E-state index contributed by atoms with van der Waals surface area (Å²) in [7, 11) is 0. The van der Waals surface area contributed by atoms with Gasteiger partial charge in [-0.1, -0.05) is 12.1 Å². The van der Waals surface area contributed by atoms with E-state index in [2.05, 4.69) is 10.1 Å². The lowest BCUT2D eigenvalue weighted by atomic mass is 10.1. The topological polar surface area (TPSA) is 30.5 Å². The van der Waals surface area contributed by atoms with Crippen molar-refractivity contribution in [1.29, 1.82) is 0 Å². The molecule has 0 radical (unpaired) electrons. The van der Waals surface area contributed by atoms with Gasteiger partial charge in [-0.05, 0) is 17.7 Å². The Hall–Kier alpha value is -1.27. The second-order valence-electron chi connectivity index (χ2n) is 3.68. The fraction of sp³-hybridized carbons (Fsp3) is 0.455. The van der Waals surface area contributed by atoms with Gasteiger partial charge in [0.1, 0.15) is 5.75 Å². The van der Waals surface area contributed by atoms with Gasteiger partial charge >= 0.3 is 6.36 Å². The monoisotopic (exact) mass is 247 g/mol. The first-order valence-electron chi connectivity index (χ1n) is 5.22. The van der Waals surface area contributed by atoms with Crippen LogP contribution in [0.3, 0.4) is 0 Å². The van der Waals surface area contributed by atoms with E-state index in [9.17, 15) is 13.2 Å². The van der Waals surface area contributed by atoms with Crippen molar-refractivity contribution in [1.82, 2.24) is 5.32 Å². The van der Waals surface area contributed by atoms with Crippen LogP contribution >= 0.6 is 0 Å². The van der Waals surface area contributed by atoms with Crippen molar-refractivity contribution in [3.8, 4) is 5.75 Å². The van der Waals surface area contributed by atoms with E-state index in [0.717, 1.165) is 12.1 Å². The van der Waals surface area contributed by atoms with Crippen LogP contribution in [-0.2, 0) is 4.74 Å². The summed E-state index contributed by atoms with van der Waals surface area (Å²) in [5, 5.41) is 3.15. The van der Waals surface area contributed by atoms with E-state index in [1.54, 1.807) is 12.1 Å². The molecule has 1 fully saturated rings. The lowest BCUT2D eigenvalue weighted by Gasteiger charge is -2.24. The number of morpholine rings is 1. The van der Waals surface area contributed by atoms with Crippen LogP contribution in [-0.4, -0.2) is 26.1 Å². The molecule has 3 nitrogen and oxygen atoms in total. The maximum Gasteiger partial charge on any atom is 0.573 e. The Morgan fingerprint density at radius 1 is 1.24 bits per heavy atom. The number of alkyl halides is 3. The Morgan fingerprint density at radius 2 is 1.94 bits per heavy atom. The van der Waals surface area contributed by atoms with E-state index in [-0.39, 0.29) is 11.9 Å². The maximum atomic E-state index is 11.9. The zero-order chi connectivity index (χ0) is 12.3. The smallest absolute Gasteiger partial charge is 0.406 e. The highest BCUT2D eigenvalue weighted by Crippen LogP contribution is 2.25. The average Bonchev–Trinajstić information content (AvgIpc) is 2.29. The van der Waals surface area contributed by atoms with Crippen molar-refractivity contribution in [2.45, 2.75) is 12.5 Å². The molecular formula is C11H12F3NO2. The molecular weight excluding hydrogens is 235 g/mol. The van der Waals surface area contributed by atoms with Gasteiger partial charge in [-0.2, -0.15) is 0 Å². The molecule has 1 heterocycles. The standard InChI is InChI=1S/C11H12F3NO2/c12-11(13,14)17-9-3-1-8(2-4-9)10-7-15-5-6-16-10/h1-4,10,15H,5-7H2. The van der Waals surface area contributed by atoms with E-state index >= 15 is 0 Å². The largest absolute Gasteiger partial charge is 0.573 e. The summed E-state index contributed by atoms with van der Waals surface area (Å²) in [5.74, 6) is -0.218. The predicted octanol–water partition coefficient (Wildman–Crippen LogP) is 2.25. The summed E-state index contributed by atoms with van der Waals surface area (Å²) in [6.45, 7) is 2.07. The van der Waals surface area contributed by atoms with Crippen molar-refractivity contribution in [3.05, 3.63) is 29.8 Å². The molecule has 2 rings (SSSR count). The predicted molar refractivity (Wildman–Crippen MR) is 54.7 cm³/mol. The maximum absolute atomic E-state index is 11.9. The van der Waals surface area contributed by atoms with Gasteiger partial charge in [-0.25, -0.2) is 0 Å². The van der Waals surface area contributed by atoms with Crippen molar-refractivity contribution in [2.24, 2.45) is 0 Å². The second-order valence-corrected chi connectivity index (χ2v) is 3.68. The summed E-state index contributed by atoms with van der Waals surface area (Å²) < 4.78 is 45.1. The molecule has 6 heteroatoms. The lowest BCUT2D eigenvalue weighted by Crippen LogP contribution is -2.33. The molecule has 1 aliphatic rings. The molecule has 1 aliphatic heterocycles. The minimum atomic E-state index is -4.65. The highest BCUT2D eigenvalue weighted by Gasteiger charge is 2.31. The molecule has 0 aliphatic carbocycles. The quantitative estimate of drug-likeness (QED) is 0.869. The van der Waals surface area contributed by atoms with Gasteiger partial charge in [0.05, 0.1) is 12.7 Å². The second kappa shape index (κ2) is 4.93. The highest BCUT2D eigenvalue weighted by molar-refractivity contribution is 5.29. The number of rotatable bonds is 2. The SMILES string of the molecule is FC(F)(F)Oc1ccc(C2CNCCO2)cc1. The van der Waals surface area contributed by atoms with E-state index in [1.807, 2.05) is 0 Å². The molecule has 0 saturated carbocycles. The van der Waals surface area contributed by atoms with E-state index in [0.29, 0.717) is 13.2 Å². The van der Waals surface area contributed by atoms with Crippen LogP contribution in [0.4, 0.5) is 13.2 Å². The first-order chi connectivity index (χ1) is 8.04. The Kier molecular flexibility index (Phi) is 3.54. The van der Waals surface area contributed by atoms with Crippen LogP contribution in [0.15, 0.2) is 24.3 Å². The third-order valence-electron chi connectivity index (χ3n) is 2.41. The number of ether oxygens (including phenoxy) is 2. The molecule has 0 spiro atoms. The fourth-order valence-corrected chi connectivity index (χ4v) is 1.66. The molecule has 17 heavy (non-hydrogen) atoms. The molecule has 1 unspecified atom stereocenters. The number of halogens is 3. The number of nitrogens with one attached hydrogen (secondary N) is 1. The summed E-state index contributed by atoms with van der Waals surface area (Å²) >= 11 is 0. The Labute approximate surface area is 96.5 Å². The van der Waals surface area contributed by atoms with Gasteiger partial charge in [0.2, 0.25) is 0 Å². The van der Waals surface area contributed by atoms with Crippen LogP contribution in [0.25, 0.3) is 0 Å². The minimum Gasteiger partial charge on any atom is -0.406 e. The molecule has 1 saturated heterocycles. The lowest BCUT2D eigenvalue weighted by molar-refractivity contribution is -0.274. The number of hydrogen-bond acceptors (Lipinski definition) is 3. The summed E-state index contributed by atoms with van der Waals surface area (Å²) in [6.07, 6.45) is -4.76. The average molecular weight is 247 g/mol. The normalized spacial score (nSPS) is 21.2. The fourth-order valence-electron chi connectivity index (χ4n) is 1.66. The van der Waals surface area contributed by atoms with Crippen molar-refractivity contribution in [2.75, 3.05) is 19.7 Å². The summed E-state index contributed by atoms with van der Waals surface area (Å²) in [5.41, 5.74) is 0.840. The van der Waals surface area contributed by atoms with Gasteiger partial charge in [-0.15, -0.1) is 13.2 Å². The Morgan fingerprint density at radius 3 is 2.47 bits per heavy atom. The molecule has 0 bridgehead atoms. The Bertz CT molecular complexity index is 358. The van der Waals surface area contributed by atoms with Gasteiger partial charge in [0.15, 0.2) is 0 Å². The van der Waals surface area contributed by atoms with Crippen LogP contribution < -0.4 is 10.1 Å². The first-order valence-corrected chi connectivity index (χ1v) is 5.22. The minimum absolute atomic E-state index is 0.108. The summed E-state index contributed by atoms with van der Waals surface area (Å²) in [4.78, 5) is 0. The molecule has 1 atom stereocenters. The molecule has 1 aromatic rings. The highest BCUT2D eigenvalue weighted by atomic mass is 19.4. The van der Waals surface area contributed by atoms with Gasteiger partial charge in [0.25, 0.3) is 0 Å². The molecule has 94 valence electrons. The molecule has 0 aromatic heterocycles. The van der Waals surface area contributed by atoms with Crippen LogP contribution in [0, 0.1) is 0 Å². The van der Waals surface area contributed by atoms with Crippen LogP contribution in [0.2, 0.25) is 0 Å². The number of hydrogen-bond donors (Lipinski definition) is 1. The number of benzene rings is 1. The van der Waals surface area contributed by atoms with Gasteiger partial charge < -0.3 is 14.8 Å². The van der Waals surface area contributed by atoms with Crippen molar-refractivity contribution >= 4 is 0 Å². The van der Waals surface area contributed by atoms with Crippen LogP contribution in [0.5, 0.6) is 5.75 Å². The molecule has 1 N–H and O–H groups in total. The van der Waals surface area contributed by atoms with Crippen molar-refractivity contribution in [3.63, 3.8) is 0 Å². The van der Waals surface area contributed by atoms with E-state index in [4.69, 9.17) is 4.74 Å². The van der Waals surface area contributed by atoms with E-state index in [1.165, 1.54) is 12.1 Å². The van der Waals surface area contributed by atoms with Gasteiger partial charge in [0, 0.05) is 13.1 Å². The molecule has 1 aromatic carbocycles. The zero-order valence-electron chi connectivity index (χ0n) is 8.96.